The van der Waals surface area contributed by atoms with Crippen LogP contribution in [0.5, 0.6) is 0 Å². The Balaban J connectivity index is 2.10. The SMILES string of the molecule is CS(=O)(=O)N1CCN(c2ncc(Br)cc2N)CC1. The Hall–Kier alpha value is -0.860. The van der Waals surface area contributed by atoms with Crippen molar-refractivity contribution in [2.75, 3.05) is 43.1 Å². The number of hydrogen-bond donors (Lipinski definition) is 1. The Bertz CT molecular complexity index is 541. The first-order chi connectivity index (χ1) is 8.38. The molecule has 0 aliphatic carbocycles. The van der Waals surface area contributed by atoms with E-state index in [1.54, 1.807) is 12.3 Å². The van der Waals surface area contributed by atoms with Gasteiger partial charge in [0.1, 0.15) is 0 Å². The second-order valence-corrected chi connectivity index (χ2v) is 7.11. The Labute approximate surface area is 115 Å². The molecule has 0 unspecified atom stereocenters. The fourth-order valence-electron chi connectivity index (χ4n) is 1.94. The molecule has 0 radical (unpaired) electrons. The van der Waals surface area contributed by atoms with Gasteiger partial charge in [0, 0.05) is 36.8 Å². The molecular formula is C10H15BrN4O2S. The molecule has 0 aromatic carbocycles. The van der Waals surface area contributed by atoms with Gasteiger partial charge in [-0.05, 0) is 22.0 Å². The van der Waals surface area contributed by atoms with Crippen LogP contribution in [0.25, 0.3) is 0 Å². The molecule has 0 spiro atoms. The minimum atomic E-state index is -3.10. The van der Waals surface area contributed by atoms with E-state index in [0.717, 1.165) is 4.47 Å². The maximum absolute atomic E-state index is 11.4. The summed E-state index contributed by atoms with van der Waals surface area (Å²) in [6.07, 6.45) is 2.92. The van der Waals surface area contributed by atoms with Crippen LogP contribution in [0.2, 0.25) is 0 Å². The molecule has 2 heterocycles. The number of halogens is 1. The average Bonchev–Trinajstić information content (AvgIpc) is 2.28. The monoisotopic (exact) mass is 334 g/mol. The summed E-state index contributed by atoms with van der Waals surface area (Å²) in [7, 11) is -3.10. The third kappa shape index (κ3) is 2.93. The second-order valence-electron chi connectivity index (χ2n) is 4.22. The van der Waals surface area contributed by atoms with Gasteiger partial charge in [-0.25, -0.2) is 13.4 Å². The molecule has 1 aliphatic heterocycles. The molecule has 0 amide bonds. The van der Waals surface area contributed by atoms with E-state index in [1.807, 2.05) is 4.90 Å². The van der Waals surface area contributed by atoms with E-state index in [0.29, 0.717) is 37.7 Å². The fraction of sp³-hybridized carbons (Fsp3) is 0.500. The molecule has 1 aromatic heterocycles. The first-order valence-corrected chi connectivity index (χ1v) is 8.13. The number of rotatable bonds is 2. The molecule has 0 saturated carbocycles. The quantitative estimate of drug-likeness (QED) is 0.852. The van der Waals surface area contributed by atoms with Crippen molar-refractivity contribution in [3.8, 4) is 0 Å². The number of nitrogen functional groups attached to an aromatic ring is 1. The minimum absolute atomic E-state index is 0.468. The van der Waals surface area contributed by atoms with Crippen LogP contribution in [0.3, 0.4) is 0 Å². The zero-order chi connectivity index (χ0) is 13.3. The Morgan fingerprint density at radius 1 is 1.33 bits per heavy atom. The maximum Gasteiger partial charge on any atom is 0.211 e. The lowest BCUT2D eigenvalue weighted by molar-refractivity contribution is 0.387. The number of nitrogens with two attached hydrogens (primary N) is 1. The third-order valence-electron chi connectivity index (χ3n) is 2.87. The van der Waals surface area contributed by atoms with Gasteiger partial charge in [-0.3, -0.25) is 0 Å². The number of nitrogens with zero attached hydrogens (tertiary/aromatic N) is 3. The number of anilines is 2. The van der Waals surface area contributed by atoms with E-state index in [9.17, 15) is 8.42 Å². The number of sulfonamides is 1. The van der Waals surface area contributed by atoms with Crippen molar-refractivity contribution in [1.29, 1.82) is 0 Å². The van der Waals surface area contributed by atoms with Gasteiger partial charge in [0.15, 0.2) is 5.82 Å². The average molecular weight is 335 g/mol. The van der Waals surface area contributed by atoms with Crippen LogP contribution in [-0.4, -0.2) is 50.1 Å². The van der Waals surface area contributed by atoms with Gasteiger partial charge in [-0.2, -0.15) is 4.31 Å². The molecule has 18 heavy (non-hydrogen) atoms. The summed E-state index contributed by atoms with van der Waals surface area (Å²) in [4.78, 5) is 6.28. The molecule has 1 aromatic rings. The first kappa shape index (κ1) is 13.6. The van der Waals surface area contributed by atoms with Crippen LogP contribution in [-0.2, 0) is 10.0 Å². The summed E-state index contributed by atoms with van der Waals surface area (Å²) in [6.45, 7) is 2.14. The van der Waals surface area contributed by atoms with Crippen molar-refractivity contribution in [2.45, 2.75) is 0 Å². The molecule has 2 rings (SSSR count). The molecular weight excluding hydrogens is 320 g/mol. The van der Waals surface area contributed by atoms with Gasteiger partial charge in [-0.1, -0.05) is 0 Å². The molecule has 100 valence electrons. The van der Waals surface area contributed by atoms with Gasteiger partial charge in [-0.15, -0.1) is 0 Å². The summed E-state index contributed by atoms with van der Waals surface area (Å²) < 4.78 is 25.1. The zero-order valence-electron chi connectivity index (χ0n) is 10.0. The minimum Gasteiger partial charge on any atom is -0.396 e. The van der Waals surface area contributed by atoms with Gasteiger partial charge in [0.25, 0.3) is 0 Å². The van der Waals surface area contributed by atoms with Crippen LogP contribution in [0.1, 0.15) is 0 Å². The normalized spacial score (nSPS) is 18.0. The van der Waals surface area contributed by atoms with Crippen molar-refractivity contribution >= 4 is 37.5 Å². The largest absolute Gasteiger partial charge is 0.396 e. The highest BCUT2D eigenvalue weighted by atomic mass is 79.9. The van der Waals surface area contributed by atoms with Crippen LogP contribution in [0.15, 0.2) is 16.7 Å². The van der Waals surface area contributed by atoms with Gasteiger partial charge in [0.05, 0.1) is 11.9 Å². The van der Waals surface area contributed by atoms with E-state index in [2.05, 4.69) is 20.9 Å². The van der Waals surface area contributed by atoms with E-state index in [4.69, 9.17) is 5.73 Å². The summed E-state index contributed by atoms with van der Waals surface area (Å²) in [5.74, 6) is 0.714. The van der Waals surface area contributed by atoms with Crippen molar-refractivity contribution in [1.82, 2.24) is 9.29 Å². The molecule has 1 saturated heterocycles. The predicted octanol–water partition coefficient (Wildman–Crippen LogP) is 0.508. The number of pyridine rings is 1. The van der Waals surface area contributed by atoms with Crippen molar-refractivity contribution in [3.63, 3.8) is 0 Å². The highest BCUT2D eigenvalue weighted by Crippen LogP contribution is 2.24. The summed E-state index contributed by atoms with van der Waals surface area (Å²) in [5.41, 5.74) is 6.50. The lowest BCUT2D eigenvalue weighted by Gasteiger charge is -2.34. The molecule has 8 heteroatoms. The zero-order valence-corrected chi connectivity index (χ0v) is 12.4. The van der Waals surface area contributed by atoms with Gasteiger partial charge < -0.3 is 10.6 Å². The van der Waals surface area contributed by atoms with Crippen LogP contribution in [0.4, 0.5) is 11.5 Å². The van der Waals surface area contributed by atoms with Crippen LogP contribution in [0, 0.1) is 0 Å². The highest BCUT2D eigenvalue weighted by Gasteiger charge is 2.24. The van der Waals surface area contributed by atoms with E-state index < -0.39 is 10.0 Å². The molecule has 6 nitrogen and oxygen atoms in total. The summed E-state index contributed by atoms with van der Waals surface area (Å²) in [6, 6.07) is 1.80. The van der Waals surface area contributed by atoms with E-state index in [1.165, 1.54) is 10.6 Å². The van der Waals surface area contributed by atoms with Crippen molar-refractivity contribution in [2.24, 2.45) is 0 Å². The summed E-state index contributed by atoms with van der Waals surface area (Å²) >= 11 is 3.31. The Morgan fingerprint density at radius 2 is 1.94 bits per heavy atom. The lowest BCUT2D eigenvalue weighted by Crippen LogP contribution is -2.48. The van der Waals surface area contributed by atoms with Crippen molar-refractivity contribution in [3.05, 3.63) is 16.7 Å². The maximum atomic E-state index is 11.4. The predicted molar refractivity (Wildman–Crippen MR) is 75.0 cm³/mol. The molecule has 1 aliphatic rings. The standard InChI is InChI=1S/C10H15BrN4O2S/c1-18(16,17)15-4-2-14(3-5-15)10-9(12)6-8(11)7-13-10/h6-7H,2-5,12H2,1H3. The lowest BCUT2D eigenvalue weighted by atomic mass is 10.3. The van der Waals surface area contributed by atoms with Crippen LogP contribution >= 0.6 is 15.9 Å². The smallest absolute Gasteiger partial charge is 0.211 e. The molecule has 2 N–H and O–H groups in total. The molecule has 0 atom stereocenters. The fourth-order valence-corrected chi connectivity index (χ4v) is 3.12. The van der Waals surface area contributed by atoms with Crippen LogP contribution < -0.4 is 10.6 Å². The number of hydrogen-bond acceptors (Lipinski definition) is 5. The molecule has 1 fully saturated rings. The first-order valence-electron chi connectivity index (χ1n) is 5.49. The van der Waals surface area contributed by atoms with E-state index in [-0.39, 0.29) is 0 Å². The Kier molecular flexibility index (Phi) is 3.79. The van der Waals surface area contributed by atoms with Gasteiger partial charge in [0.2, 0.25) is 10.0 Å². The highest BCUT2D eigenvalue weighted by molar-refractivity contribution is 9.10. The number of aromatic nitrogens is 1. The number of piperazine rings is 1. The Morgan fingerprint density at radius 3 is 2.44 bits per heavy atom. The van der Waals surface area contributed by atoms with Crippen molar-refractivity contribution < 1.29 is 8.42 Å². The topological polar surface area (TPSA) is 79.5 Å². The second kappa shape index (κ2) is 5.02. The van der Waals surface area contributed by atoms with Gasteiger partial charge >= 0.3 is 0 Å². The summed E-state index contributed by atoms with van der Waals surface area (Å²) in [5, 5.41) is 0. The molecule has 0 bridgehead atoms. The van der Waals surface area contributed by atoms with E-state index >= 15 is 0 Å². The third-order valence-corrected chi connectivity index (χ3v) is 4.61.